The number of rotatable bonds is 8. The first kappa shape index (κ1) is 15.1. The molecule has 8 heteroatoms. The van der Waals surface area contributed by atoms with Crippen molar-refractivity contribution in [2.45, 2.75) is 38.9 Å². The molecule has 0 spiro atoms. The third kappa shape index (κ3) is 3.75. The number of carbonyl (C=O) groups is 2. The first-order valence-corrected chi connectivity index (χ1v) is 5.97. The van der Waals surface area contributed by atoms with E-state index in [-0.39, 0.29) is 18.3 Å². The molecule has 0 fully saturated rings. The van der Waals surface area contributed by atoms with E-state index in [1.807, 2.05) is 0 Å². The molecular weight excluding hydrogens is 252 g/mol. The van der Waals surface area contributed by atoms with Gasteiger partial charge in [0, 0.05) is 19.2 Å². The van der Waals surface area contributed by atoms with Crippen molar-refractivity contribution in [1.29, 1.82) is 0 Å². The first-order valence-electron chi connectivity index (χ1n) is 5.97. The van der Waals surface area contributed by atoms with Gasteiger partial charge in [0.15, 0.2) is 6.04 Å². The second-order valence-corrected chi connectivity index (χ2v) is 4.37. The molecule has 1 unspecified atom stereocenters. The predicted molar refractivity (Wildman–Crippen MR) is 65.1 cm³/mol. The third-order valence-electron chi connectivity index (χ3n) is 2.63. The van der Waals surface area contributed by atoms with Gasteiger partial charge in [0.25, 0.3) is 0 Å². The number of aliphatic hydroxyl groups excluding tert-OH is 1. The van der Waals surface area contributed by atoms with E-state index in [0.29, 0.717) is 19.4 Å². The topological polar surface area (TPSA) is 109 Å². The first-order chi connectivity index (χ1) is 9.01. The molecule has 0 aromatic carbocycles. The molecule has 0 aliphatic rings. The van der Waals surface area contributed by atoms with Crippen LogP contribution in [0.25, 0.3) is 0 Å². The van der Waals surface area contributed by atoms with Crippen LogP contribution in [0.4, 0.5) is 0 Å². The molecule has 1 heterocycles. The van der Waals surface area contributed by atoms with Crippen LogP contribution in [-0.2, 0) is 16.1 Å². The molecule has 2 N–H and O–H groups in total. The Kier molecular flexibility index (Phi) is 5.43. The van der Waals surface area contributed by atoms with E-state index in [2.05, 4.69) is 10.3 Å². The quantitative estimate of drug-likeness (QED) is 0.625. The average Bonchev–Trinajstić information content (AvgIpc) is 2.80. The molecule has 0 aliphatic carbocycles. The Morgan fingerprint density at radius 3 is 2.74 bits per heavy atom. The van der Waals surface area contributed by atoms with Crippen LogP contribution in [0.3, 0.4) is 0 Å². The molecule has 1 rings (SSSR count). The molecule has 1 atom stereocenters. The van der Waals surface area contributed by atoms with E-state index >= 15 is 0 Å². The van der Waals surface area contributed by atoms with E-state index in [1.54, 1.807) is 13.8 Å². The van der Waals surface area contributed by atoms with E-state index in [1.165, 1.54) is 15.8 Å². The second-order valence-electron chi connectivity index (χ2n) is 4.37. The maximum Gasteiger partial charge on any atom is 0.332 e. The zero-order valence-electron chi connectivity index (χ0n) is 10.9. The minimum Gasteiger partial charge on any atom is -0.479 e. The number of aliphatic hydroxyl groups is 1. The Morgan fingerprint density at radius 2 is 2.26 bits per heavy atom. The van der Waals surface area contributed by atoms with Gasteiger partial charge in [-0.2, -0.15) is 0 Å². The summed E-state index contributed by atoms with van der Waals surface area (Å²) in [5, 5.41) is 25.5. The number of aromatic nitrogens is 3. The van der Waals surface area contributed by atoms with Crippen LogP contribution in [-0.4, -0.2) is 55.1 Å². The number of carbonyl (C=O) groups excluding carboxylic acids is 1. The van der Waals surface area contributed by atoms with Gasteiger partial charge in [-0.05, 0) is 20.3 Å². The van der Waals surface area contributed by atoms with Crippen molar-refractivity contribution in [2.24, 2.45) is 0 Å². The van der Waals surface area contributed by atoms with Crippen LogP contribution < -0.4 is 0 Å². The lowest BCUT2D eigenvalue weighted by Crippen LogP contribution is -2.38. The summed E-state index contributed by atoms with van der Waals surface area (Å²) in [5.74, 6) is -1.16. The van der Waals surface area contributed by atoms with E-state index in [0.717, 1.165) is 0 Å². The SMILES string of the molecule is CC(C)N(C=O)C(C(=O)O)c1cn(CCCO)nn1. The summed E-state index contributed by atoms with van der Waals surface area (Å²) in [4.78, 5) is 23.5. The number of aryl methyl sites for hydroxylation is 1. The molecule has 19 heavy (non-hydrogen) atoms. The molecule has 8 nitrogen and oxygen atoms in total. The average molecular weight is 270 g/mol. The van der Waals surface area contributed by atoms with Gasteiger partial charge in [-0.1, -0.05) is 5.21 Å². The van der Waals surface area contributed by atoms with E-state index in [9.17, 15) is 14.7 Å². The largest absolute Gasteiger partial charge is 0.479 e. The van der Waals surface area contributed by atoms with E-state index in [4.69, 9.17) is 5.11 Å². The molecule has 1 amide bonds. The molecule has 0 saturated carbocycles. The molecule has 1 aromatic heterocycles. The van der Waals surface area contributed by atoms with Gasteiger partial charge >= 0.3 is 5.97 Å². The lowest BCUT2D eigenvalue weighted by molar-refractivity contribution is -0.148. The summed E-state index contributed by atoms with van der Waals surface area (Å²) in [7, 11) is 0. The Bertz CT molecular complexity index is 432. The Hall–Kier alpha value is -1.96. The summed E-state index contributed by atoms with van der Waals surface area (Å²) in [6.07, 6.45) is 2.48. The van der Waals surface area contributed by atoms with Crippen LogP contribution in [0.2, 0.25) is 0 Å². The van der Waals surface area contributed by atoms with Crippen molar-refractivity contribution < 1.29 is 19.8 Å². The van der Waals surface area contributed by atoms with E-state index < -0.39 is 12.0 Å². The fraction of sp³-hybridized carbons (Fsp3) is 0.636. The van der Waals surface area contributed by atoms with Gasteiger partial charge in [0.2, 0.25) is 6.41 Å². The fourth-order valence-electron chi connectivity index (χ4n) is 1.67. The number of carboxylic acids is 1. The van der Waals surface area contributed by atoms with Gasteiger partial charge in [-0.3, -0.25) is 9.48 Å². The van der Waals surface area contributed by atoms with Crippen LogP contribution in [0.1, 0.15) is 32.0 Å². The van der Waals surface area contributed by atoms with Crippen molar-refractivity contribution in [3.63, 3.8) is 0 Å². The number of hydrogen-bond donors (Lipinski definition) is 2. The van der Waals surface area contributed by atoms with Crippen molar-refractivity contribution in [1.82, 2.24) is 19.9 Å². The standard InChI is InChI=1S/C11H18N4O4/c1-8(2)15(7-17)10(11(18)19)9-6-14(13-12-9)4-3-5-16/h6-8,10,16H,3-5H2,1-2H3,(H,18,19). The lowest BCUT2D eigenvalue weighted by Gasteiger charge is -2.26. The van der Waals surface area contributed by atoms with Crippen LogP contribution >= 0.6 is 0 Å². The predicted octanol–water partition coefficient (Wildman–Crippen LogP) is -0.347. The van der Waals surface area contributed by atoms with Gasteiger partial charge in [0.1, 0.15) is 5.69 Å². The van der Waals surface area contributed by atoms with Gasteiger partial charge < -0.3 is 15.1 Å². The number of hydrogen-bond acceptors (Lipinski definition) is 5. The van der Waals surface area contributed by atoms with Crippen molar-refractivity contribution in [3.8, 4) is 0 Å². The fourth-order valence-corrected chi connectivity index (χ4v) is 1.67. The summed E-state index contributed by atoms with van der Waals surface area (Å²) in [5.41, 5.74) is 0.200. The Balaban J connectivity index is 2.96. The molecule has 0 radical (unpaired) electrons. The zero-order valence-corrected chi connectivity index (χ0v) is 10.9. The molecule has 0 bridgehead atoms. The van der Waals surface area contributed by atoms with Gasteiger partial charge in [-0.25, -0.2) is 4.79 Å². The number of amides is 1. The second kappa shape index (κ2) is 6.83. The lowest BCUT2D eigenvalue weighted by atomic mass is 10.1. The maximum atomic E-state index is 11.3. The highest BCUT2D eigenvalue weighted by molar-refractivity contribution is 5.77. The third-order valence-corrected chi connectivity index (χ3v) is 2.63. The molecule has 106 valence electrons. The van der Waals surface area contributed by atoms with Crippen molar-refractivity contribution in [2.75, 3.05) is 6.61 Å². The highest BCUT2D eigenvalue weighted by atomic mass is 16.4. The Morgan fingerprint density at radius 1 is 1.58 bits per heavy atom. The highest BCUT2D eigenvalue weighted by Gasteiger charge is 2.30. The van der Waals surface area contributed by atoms with Gasteiger partial charge in [0.05, 0.1) is 6.20 Å². The van der Waals surface area contributed by atoms with Crippen molar-refractivity contribution >= 4 is 12.4 Å². The summed E-state index contributed by atoms with van der Waals surface area (Å²) in [6, 6.07) is -1.42. The molecular formula is C11H18N4O4. The van der Waals surface area contributed by atoms with Crippen LogP contribution in [0.5, 0.6) is 0 Å². The monoisotopic (exact) mass is 270 g/mol. The summed E-state index contributed by atoms with van der Waals surface area (Å²) in [6.45, 7) is 3.91. The summed E-state index contributed by atoms with van der Waals surface area (Å²) >= 11 is 0. The number of aliphatic carboxylic acids is 1. The molecule has 0 saturated heterocycles. The molecule has 1 aromatic rings. The normalized spacial score (nSPS) is 12.4. The van der Waals surface area contributed by atoms with Gasteiger partial charge in [-0.15, -0.1) is 5.10 Å². The zero-order chi connectivity index (χ0) is 14.4. The minimum absolute atomic E-state index is 0.0179. The highest BCUT2D eigenvalue weighted by Crippen LogP contribution is 2.19. The van der Waals surface area contributed by atoms with Crippen molar-refractivity contribution in [3.05, 3.63) is 11.9 Å². The summed E-state index contributed by atoms with van der Waals surface area (Å²) < 4.78 is 1.45. The maximum absolute atomic E-state index is 11.3. The number of carboxylic acid groups (broad SMARTS) is 1. The number of nitrogens with zero attached hydrogens (tertiary/aromatic N) is 4. The van der Waals surface area contributed by atoms with Crippen LogP contribution in [0, 0.1) is 0 Å². The molecule has 0 aliphatic heterocycles. The smallest absolute Gasteiger partial charge is 0.332 e. The Labute approximate surface area is 110 Å². The minimum atomic E-state index is -1.16. The van der Waals surface area contributed by atoms with Crippen LogP contribution in [0.15, 0.2) is 6.20 Å².